The highest BCUT2D eigenvalue weighted by Gasteiger charge is 2.22. The Balaban J connectivity index is 4.22. The SMILES string of the molecule is [2H]CCN(CC[2H])[C@@H](CCCCN=C(N)N)C(=O)O. The molecule has 0 rings (SSSR count). The van der Waals surface area contributed by atoms with Gasteiger partial charge in [0, 0.05) is 9.29 Å². The summed E-state index contributed by atoms with van der Waals surface area (Å²) < 4.78 is 14.4. The lowest BCUT2D eigenvalue weighted by Gasteiger charge is -2.25. The van der Waals surface area contributed by atoms with Crippen molar-refractivity contribution in [3.63, 3.8) is 0 Å². The molecule has 0 aromatic rings. The zero-order valence-electron chi connectivity index (χ0n) is 12.1. The van der Waals surface area contributed by atoms with Gasteiger partial charge in [0.1, 0.15) is 6.04 Å². The number of carboxylic acid groups (broad SMARTS) is 1. The summed E-state index contributed by atoms with van der Waals surface area (Å²) >= 11 is 0. The van der Waals surface area contributed by atoms with Crippen LogP contribution in [0.1, 0.15) is 35.8 Å². The Bertz CT molecular complexity index is 280. The number of aliphatic carboxylic acids is 1. The number of guanidine groups is 1. The van der Waals surface area contributed by atoms with E-state index in [0.29, 0.717) is 32.5 Å². The Labute approximate surface area is 105 Å². The van der Waals surface area contributed by atoms with E-state index in [2.05, 4.69) is 4.99 Å². The van der Waals surface area contributed by atoms with E-state index in [9.17, 15) is 9.90 Å². The van der Waals surface area contributed by atoms with Crippen LogP contribution in [0.15, 0.2) is 4.99 Å². The first-order valence-electron chi connectivity index (χ1n) is 7.05. The van der Waals surface area contributed by atoms with Crippen LogP contribution in [-0.2, 0) is 4.79 Å². The number of hydrogen-bond acceptors (Lipinski definition) is 3. The molecule has 0 aliphatic rings. The van der Waals surface area contributed by atoms with Gasteiger partial charge in [-0.1, -0.05) is 13.8 Å². The third kappa shape index (κ3) is 6.78. The van der Waals surface area contributed by atoms with Crippen LogP contribution in [-0.4, -0.2) is 47.6 Å². The molecule has 0 fully saturated rings. The van der Waals surface area contributed by atoms with Crippen LogP contribution in [0.4, 0.5) is 0 Å². The second-order valence-electron chi connectivity index (χ2n) is 3.69. The molecular formula is C11H24N4O2. The molecule has 17 heavy (non-hydrogen) atoms. The molecule has 0 saturated carbocycles. The predicted molar refractivity (Wildman–Crippen MR) is 68.9 cm³/mol. The average Bonchev–Trinajstić information content (AvgIpc) is 2.32. The number of hydrogen-bond donors (Lipinski definition) is 3. The van der Waals surface area contributed by atoms with Gasteiger partial charge in [0.15, 0.2) is 5.96 Å². The largest absolute Gasteiger partial charge is 0.480 e. The topological polar surface area (TPSA) is 105 Å². The Morgan fingerprint density at radius 3 is 2.53 bits per heavy atom. The van der Waals surface area contributed by atoms with Gasteiger partial charge in [-0.15, -0.1) is 0 Å². The minimum atomic E-state index is -0.899. The number of nitrogens with zero attached hydrogens (tertiary/aromatic N) is 2. The van der Waals surface area contributed by atoms with Crippen LogP contribution in [0.5, 0.6) is 0 Å². The molecule has 0 heterocycles. The third-order valence-electron chi connectivity index (χ3n) is 2.48. The van der Waals surface area contributed by atoms with E-state index in [4.69, 9.17) is 14.2 Å². The van der Waals surface area contributed by atoms with Crippen molar-refractivity contribution in [3.8, 4) is 0 Å². The van der Waals surface area contributed by atoms with E-state index in [-0.39, 0.29) is 19.8 Å². The molecule has 5 N–H and O–H groups in total. The maximum absolute atomic E-state index is 11.2. The van der Waals surface area contributed by atoms with E-state index in [0.717, 1.165) is 6.42 Å². The maximum Gasteiger partial charge on any atom is 0.320 e. The zero-order chi connectivity index (χ0) is 14.7. The Morgan fingerprint density at radius 2 is 2.06 bits per heavy atom. The molecule has 0 spiro atoms. The van der Waals surface area contributed by atoms with Gasteiger partial charge in [-0.05, 0) is 32.4 Å². The summed E-state index contributed by atoms with van der Waals surface area (Å²) in [6, 6.07) is -0.630. The highest BCUT2D eigenvalue weighted by Crippen LogP contribution is 2.09. The molecule has 100 valence electrons. The molecule has 0 radical (unpaired) electrons. The number of unbranched alkanes of at least 4 members (excludes halogenated alkanes) is 1. The quantitative estimate of drug-likeness (QED) is 0.307. The molecule has 0 unspecified atom stereocenters. The van der Waals surface area contributed by atoms with E-state index in [1.807, 2.05) is 0 Å². The molecule has 1 atom stereocenters. The molecule has 0 aliphatic heterocycles. The van der Waals surface area contributed by atoms with Crippen molar-refractivity contribution in [1.29, 1.82) is 0 Å². The summed E-state index contributed by atoms with van der Waals surface area (Å²) in [5.74, 6) is -0.858. The standard InChI is InChI=1S/C11H24N4O2/c1-3-15(4-2)9(10(16)17)7-5-6-8-14-11(12)13/h9H,3-8H2,1-2H3,(H,16,17)(H4,12,13,14)/t9-/m0/s1/i1D,2D. The van der Waals surface area contributed by atoms with Gasteiger partial charge in [-0.3, -0.25) is 14.7 Å². The van der Waals surface area contributed by atoms with Crippen LogP contribution in [0.25, 0.3) is 0 Å². The zero-order valence-corrected chi connectivity index (χ0v) is 10.1. The van der Waals surface area contributed by atoms with Gasteiger partial charge in [0.25, 0.3) is 0 Å². The van der Waals surface area contributed by atoms with E-state index in [1.54, 1.807) is 4.90 Å². The van der Waals surface area contributed by atoms with Crippen molar-refractivity contribution < 1.29 is 12.6 Å². The highest BCUT2D eigenvalue weighted by molar-refractivity contribution is 5.75. The molecule has 0 amide bonds. The van der Waals surface area contributed by atoms with Gasteiger partial charge in [-0.2, -0.15) is 0 Å². The van der Waals surface area contributed by atoms with Gasteiger partial charge >= 0.3 is 5.97 Å². The van der Waals surface area contributed by atoms with Crippen LogP contribution in [0.3, 0.4) is 0 Å². The fourth-order valence-electron chi connectivity index (χ4n) is 1.54. The number of nitrogens with two attached hydrogens (primary N) is 2. The van der Waals surface area contributed by atoms with Gasteiger partial charge in [0.2, 0.25) is 0 Å². The lowest BCUT2D eigenvalue weighted by atomic mass is 10.1. The number of carboxylic acids is 1. The summed E-state index contributed by atoms with van der Waals surface area (Å²) in [6.45, 7) is 1.52. The summed E-state index contributed by atoms with van der Waals surface area (Å²) in [4.78, 5) is 16.7. The molecule has 0 aliphatic carbocycles. The first-order chi connectivity index (χ1) is 9.02. The Kier molecular flexibility index (Phi) is 6.30. The van der Waals surface area contributed by atoms with E-state index in [1.165, 1.54) is 0 Å². The number of rotatable bonds is 9. The first kappa shape index (κ1) is 12.2. The van der Waals surface area contributed by atoms with Crippen molar-refractivity contribution in [2.24, 2.45) is 16.5 Å². The Hall–Kier alpha value is -1.30. The van der Waals surface area contributed by atoms with Crippen LogP contribution >= 0.6 is 0 Å². The summed E-state index contributed by atoms with van der Waals surface area (Å²) in [5, 5.41) is 9.21. The monoisotopic (exact) mass is 246 g/mol. The smallest absolute Gasteiger partial charge is 0.320 e. The van der Waals surface area contributed by atoms with E-state index < -0.39 is 12.0 Å². The number of likely N-dealkylation sites (N-methyl/N-ethyl adjacent to an activating group) is 1. The fraction of sp³-hybridized carbons (Fsp3) is 0.818. The van der Waals surface area contributed by atoms with Crippen molar-refractivity contribution in [2.45, 2.75) is 39.1 Å². The second-order valence-corrected chi connectivity index (χ2v) is 3.69. The molecule has 0 bridgehead atoms. The summed E-state index contributed by atoms with van der Waals surface area (Å²) in [6.07, 6.45) is 1.90. The van der Waals surface area contributed by atoms with Crippen molar-refractivity contribution in [3.05, 3.63) is 0 Å². The van der Waals surface area contributed by atoms with Gasteiger partial charge < -0.3 is 16.6 Å². The minimum absolute atomic E-state index is 0.0415. The number of carbonyl (C=O) groups is 1. The predicted octanol–water partition coefficient (Wildman–Crippen LogP) is 0.225. The van der Waals surface area contributed by atoms with Crippen LogP contribution < -0.4 is 11.5 Å². The fourth-order valence-corrected chi connectivity index (χ4v) is 1.54. The minimum Gasteiger partial charge on any atom is -0.480 e. The molecular weight excluding hydrogens is 220 g/mol. The van der Waals surface area contributed by atoms with E-state index >= 15 is 0 Å². The first-order valence-corrected chi connectivity index (χ1v) is 5.63. The molecule has 0 aromatic carbocycles. The molecule has 6 heteroatoms. The normalized spacial score (nSPS) is 13.9. The maximum atomic E-state index is 11.2. The van der Waals surface area contributed by atoms with Crippen molar-refractivity contribution in [2.75, 3.05) is 19.6 Å². The lowest BCUT2D eigenvalue weighted by molar-refractivity contribution is -0.143. The van der Waals surface area contributed by atoms with Crippen molar-refractivity contribution >= 4 is 11.9 Å². The van der Waals surface area contributed by atoms with Crippen LogP contribution in [0, 0.1) is 0 Å². The van der Waals surface area contributed by atoms with Gasteiger partial charge in [-0.25, -0.2) is 0 Å². The highest BCUT2D eigenvalue weighted by atomic mass is 16.4. The molecule has 6 nitrogen and oxygen atoms in total. The molecule has 0 aromatic heterocycles. The van der Waals surface area contributed by atoms with Crippen LogP contribution in [0.2, 0.25) is 0 Å². The average molecular weight is 246 g/mol. The summed E-state index contributed by atoms with van der Waals surface area (Å²) in [7, 11) is 0. The van der Waals surface area contributed by atoms with Gasteiger partial charge in [0.05, 0.1) is 0 Å². The summed E-state index contributed by atoms with van der Waals surface area (Å²) in [5.41, 5.74) is 10.4. The number of aliphatic imine (C=N–C) groups is 1. The second kappa shape index (κ2) is 8.81. The Morgan fingerprint density at radius 1 is 1.41 bits per heavy atom. The van der Waals surface area contributed by atoms with Crippen molar-refractivity contribution in [1.82, 2.24) is 4.90 Å². The third-order valence-corrected chi connectivity index (χ3v) is 2.48. The lowest BCUT2D eigenvalue weighted by Crippen LogP contribution is -2.40. The molecule has 0 saturated heterocycles.